The minimum Gasteiger partial charge on any atom is -0.465 e. The summed E-state index contributed by atoms with van der Waals surface area (Å²) in [7, 11) is 3.22. The van der Waals surface area contributed by atoms with Crippen molar-refractivity contribution in [2.75, 3.05) is 18.2 Å². The second-order valence-corrected chi connectivity index (χ2v) is 9.54. The topological polar surface area (TPSA) is 99.0 Å². The van der Waals surface area contributed by atoms with Crippen LogP contribution in [0.15, 0.2) is 29.7 Å². The molecule has 1 aliphatic rings. The molecule has 0 saturated carbocycles. The molecular weight excluding hydrogens is 434 g/mol. The summed E-state index contributed by atoms with van der Waals surface area (Å²) in [4.78, 5) is 30.3. The highest BCUT2D eigenvalue weighted by Crippen LogP contribution is 2.40. The smallest absolute Gasteiger partial charge is 0.341 e. The molecule has 4 rings (SSSR count). The number of thioether (sulfide) groups is 1. The van der Waals surface area contributed by atoms with Crippen molar-refractivity contribution in [3.63, 3.8) is 0 Å². The van der Waals surface area contributed by atoms with Gasteiger partial charge in [-0.25, -0.2) is 4.79 Å². The van der Waals surface area contributed by atoms with Crippen molar-refractivity contribution in [3.05, 3.63) is 40.5 Å². The van der Waals surface area contributed by atoms with Gasteiger partial charge in [0.1, 0.15) is 5.00 Å². The lowest BCUT2D eigenvalue weighted by Gasteiger charge is -2.18. The molecule has 8 nitrogen and oxygen atoms in total. The number of esters is 1. The molecule has 1 unspecified atom stereocenters. The van der Waals surface area contributed by atoms with Gasteiger partial charge < -0.3 is 14.6 Å². The monoisotopic (exact) mass is 457 g/mol. The van der Waals surface area contributed by atoms with E-state index >= 15 is 0 Å². The first-order chi connectivity index (χ1) is 15.0. The number of thiophene rings is 1. The van der Waals surface area contributed by atoms with E-state index in [9.17, 15) is 9.59 Å². The molecule has 0 aliphatic heterocycles. The number of fused-ring (bicyclic) bond motifs is 1. The second-order valence-electron chi connectivity index (χ2n) is 7.49. The van der Waals surface area contributed by atoms with Gasteiger partial charge in [-0.05, 0) is 42.9 Å². The van der Waals surface area contributed by atoms with Gasteiger partial charge in [-0.15, -0.1) is 21.5 Å². The standard InChI is InChI=1S/C21H23N5O3S2/c1-12-6-7-14-15(9-12)31-19(17(14)20(28)29-3)23-16(27)11-30-21-25-24-18(26(21)2)13-5-4-8-22-10-13/h4-5,8,10,12H,6-7,9,11H2,1-3H3,(H,23,27). The van der Waals surface area contributed by atoms with E-state index in [4.69, 9.17) is 4.74 Å². The molecule has 0 saturated heterocycles. The number of hydrogen-bond donors (Lipinski definition) is 1. The normalized spacial score (nSPS) is 15.4. The maximum absolute atomic E-state index is 12.7. The number of aromatic nitrogens is 4. The summed E-state index contributed by atoms with van der Waals surface area (Å²) >= 11 is 2.77. The van der Waals surface area contributed by atoms with Crippen LogP contribution in [0.4, 0.5) is 5.00 Å². The van der Waals surface area contributed by atoms with E-state index in [1.165, 1.54) is 30.2 Å². The van der Waals surface area contributed by atoms with E-state index < -0.39 is 5.97 Å². The summed E-state index contributed by atoms with van der Waals surface area (Å²) in [6.07, 6.45) is 6.20. The van der Waals surface area contributed by atoms with Gasteiger partial charge in [0.05, 0.1) is 18.4 Å². The molecular formula is C21H23N5O3S2. The van der Waals surface area contributed by atoms with Crippen LogP contribution in [-0.4, -0.2) is 44.5 Å². The predicted molar refractivity (Wildman–Crippen MR) is 120 cm³/mol. The number of pyridine rings is 1. The first-order valence-electron chi connectivity index (χ1n) is 9.93. The number of carbonyl (C=O) groups is 2. The molecule has 1 amide bonds. The number of carbonyl (C=O) groups excluding carboxylic acids is 2. The van der Waals surface area contributed by atoms with Gasteiger partial charge in [0.25, 0.3) is 0 Å². The second kappa shape index (κ2) is 9.19. The Bertz CT molecular complexity index is 1110. The third-order valence-corrected chi connectivity index (χ3v) is 7.43. The van der Waals surface area contributed by atoms with Crippen LogP contribution >= 0.6 is 23.1 Å². The van der Waals surface area contributed by atoms with E-state index in [-0.39, 0.29) is 11.7 Å². The van der Waals surface area contributed by atoms with Crippen LogP contribution in [0, 0.1) is 5.92 Å². The summed E-state index contributed by atoms with van der Waals surface area (Å²) in [6, 6.07) is 3.75. The third kappa shape index (κ3) is 4.49. The van der Waals surface area contributed by atoms with Gasteiger partial charge in [-0.3, -0.25) is 9.78 Å². The Labute approximate surface area is 188 Å². The van der Waals surface area contributed by atoms with Crippen LogP contribution in [0.5, 0.6) is 0 Å². The first kappa shape index (κ1) is 21.5. The van der Waals surface area contributed by atoms with E-state index in [2.05, 4.69) is 27.4 Å². The fourth-order valence-corrected chi connectivity index (χ4v) is 5.76. The summed E-state index contributed by atoms with van der Waals surface area (Å²) < 4.78 is 6.82. The summed E-state index contributed by atoms with van der Waals surface area (Å²) in [5, 5.41) is 12.5. The first-order valence-corrected chi connectivity index (χ1v) is 11.7. The van der Waals surface area contributed by atoms with E-state index in [1.807, 2.05) is 23.7 Å². The van der Waals surface area contributed by atoms with Crippen molar-refractivity contribution in [2.45, 2.75) is 31.3 Å². The van der Waals surface area contributed by atoms with Gasteiger partial charge in [-0.2, -0.15) is 0 Å². The zero-order chi connectivity index (χ0) is 22.0. The van der Waals surface area contributed by atoms with Gasteiger partial charge in [0.15, 0.2) is 11.0 Å². The van der Waals surface area contributed by atoms with Gasteiger partial charge in [-0.1, -0.05) is 18.7 Å². The Morgan fingerprint density at radius 2 is 2.23 bits per heavy atom. The Morgan fingerprint density at radius 1 is 1.39 bits per heavy atom. The zero-order valence-electron chi connectivity index (χ0n) is 17.5. The van der Waals surface area contributed by atoms with Crippen LogP contribution in [0.25, 0.3) is 11.4 Å². The number of methoxy groups -OCH3 is 1. The van der Waals surface area contributed by atoms with E-state index in [1.54, 1.807) is 12.4 Å². The summed E-state index contributed by atoms with van der Waals surface area (Å²) in [5.74, 6) is 0.806. The average molecular weight is 458 g/mol. The lowest BCUT2D eigenvalue weighted by Crippen LogP contribution is -2.17. The molecule has 0 fully saturated rings. The quantitative estimate of drug-likeness (QED) is 0.446. The van der Waals surface area contributed by atoms with Crippen molar-refractivity contribution in [2.24, 2.45) is 13.0 Å². The van der Waals surface area contributed by atoms with E-state index in [0.717, 1.165) is 35.3 Å². The molecule has 0 radical (unpaired) electrons. The number of nitrogens with one attached hydrogen (secondary N) is 1. The molecule has 31 heavy (non-hydrogen) atoms. The summed E-state index contributed by atoms with van der Waals surface area (Å²) in [6.45, 7) is 2.20. The highest BCUT2D eigenvalue weighted by molar-refractivity contribution is 7.99. The highest BCUT2D eigenvalue weighted by atomic mass is 32.2. The SMILES string of the molecule is COC(=O)c1c(NC(=O)CSc2nnc(-c3cccnc3)n2C)sc2c1CCC(C)C2. The number of nitrogens with zero attached hydrogens (tertiary/aromatic N) is 4. The Hall–Kier alpha value is -2.72. The molecule has 3 aromatic heterocycles. The Morgan fingerprint density at radius 3 is 2.97 bits per heavy atom. The third-order valence-electron chi connectivity index (χ3n) is 5.24. The summed E-state index contributed by atoms with van der Waals surface area (Å²) in [5.41, 5.74) is 2.38. The van der Waals surface area contributed by atoms with Crippen molar-refractivity contribution >= 4 is 40.0 Å². The van der Waals surface area contributed by atoms with E-state index in [0.29, 0.717) is 27.5 Å². The molecule has 3 heterocycles. The van der Waals surface area contributed by atoms with Gasteiger partial charge >= 0.3 is 5.97 Å². The van der Waals surface area contributed by atoms with Crippen LogP contribution in [0.3, 0.4) is 0 Å². The molecule has 162 valence electrons. The molecule has 0 aromatic carbocycles. The lowest BCUT2D eigenvalue weighted by atomic mass is 9.88. The van der Waals surface area contributed by atoms with Crippen LogP contribution in [-0.2, 0) is 29.4 Å². The average Bonchev–Trinajstić information content (AvgIpc) is 3.31. The number of amides is 1. The number of hydrogen-bond acceptors (Lipinski definition) is 8. The van der Waals surface area contributed by atoms with Gasteiger partial charge in [0.2, 0.25) is 5.91 Å². The highest BCUT2D eigenvalue weighted by Gasteiger charge is 2.29. The molecule has 10 heteroatoms. The van der Waals surface area contributed by atoms with Crippen molar-refractivity contribution in [1.82, 2.24) is 19.7 Å². The van der Waals surface area contributed by atoms with Crippen LogP contribution < -0.4 is 5.32 Å². The number of ether oxygens (including phenoxy) is 1. The van der Waals surface area contributed by atoms with Crippen molar-refractivity contribution in [3.8, 4) is 11.4 Å². The minimum atomic E-state index is -0.399. The van der Waals surface area contributed by atoms with Crippen molar-refractivity contribution < 1.29 is 14.3 Å². The maximum atomic E-state index is 12.7. The molecule has 0 spiro atoms. The Balaban J connectivity index is 1.46. The number of anilines is 1. The van der Waals surface area contributed by atoms with Crippen LogP contribution in [0.1, 0.15) is 34.1 Å². The largest absolute Gasteiger partial charge is 0.465 e. The minimum absolute atomic E-state index is 0.151. The molecule has 0 bridgehead atoms. The van der Waals surface area contributed by atoms with Gasteiger partial charge in [0, 0.05) is 29.9 Å². The molecule has 3 aromatic rings. The Kier molecular flexibility index (Phi) is 6.38. The molecule has 1 aliphatic carbocycles. The molecule has 1 N–H and O–H groups in total. The fraction of sp³-hybridized carbons (Fsp3) is 0.381. The maximum Gasteiger partial charge on any atom is 0.341 e. The zero-order valence-corrected chi connectivity index (χ0v) is 19.2. The van der Waals surface area contributed by atoms with Crippen LogP contribution in [0.2, 0.25) is 0 Å². The fourth-order valence-electron chi connectivity index (χ4n) is 3.64. The number of rotatable bonds is 6. The lowest BCUT2D eigenvalue weighted by molar-refractivity contribution is -0.113. The van der Waals surface area contributed by atoms with Crippen molar-refractivity contribution in [1.29, 1.82) is 0 Å². The molecule has 1 atom stereocenters. The predicted octanol–water partition coefficient (Wildman–Crippen LogP) is 3.58.